The Morgan fingerprint density at radius 1 is 1.23 bits per heavy atom. The molecule has 1 aliphatic rings. The van der Waals surface area contributed by atoms with E-state index in [1.54, 1.807) is 6.07 Å². The highest BCUT2D eigenvalue weighted by Crippen LogP contribution is 2.28. The van der Waals surface area contributed by atoms with Crippen LogP contribution >= 0.6 is 11.8 Å². The van der Waals surface area contributed by atoms with Gasteiger partial charge in [-0.1, -0.05) is 30.8 Å². The SMILES string of the molecule is Cc1cccc2oc(SCc3ccc(C(=O)N4CCC(C)CC4)o3)nc12. The van der Waals surface area contributed by atoms with Crippen LogP contribution in [0.3, 0.4) is 0 Å². The summed E-state index contributed by atoms with van der Waals surface area (Å²) in [4.78, 5) is 19.0. The predicted octanol–water partition coefficient (Wildman–Crippen LogP) is 4.89. The van der Waals surface area contributed by atoms with Gasteiger partial charge in [0.1, 0.15) is 11.3 Å². The summed E-state index contributed by atoms with van der Waals surface area (Å²) in [5, 5.41) is 0.614. The number of nitrogens with zero attached hydrogens (tertiary/aromatic N) is 2. The highest BCUT2D eigenvalue weighted by atomic mass is 32.2. The number of oxazole rings is 1. The molecule has 0 unspecified atom stereocenters. The summed E-state index contributed by atoms with van der Waals surface area (Å²) < 4.78 is 11.5. The summed E-state index contributed by atoms with van der Waals surface area (Å²) in [6.45, 7) is 5.88. The number of benzene rings is 1. The molecular formula is C20H22N2O3S. The van der Waals surface area contributed by atoms with E-state index < -0.39 is 0 Å². The van der Waals surface area contributed by atoms with E-state index in [-0.39, 0.29) is 5.91 Å². The summed E-state index contributed by atoms with van der Waals surface area (Å²) in [5.41, 5.74) is 2.78. The van der Waals surface area contributed by atoms with Gasteiger partial charge in [-0.25, -0.2) is 4.98 Å². The lowest BCUT2D eigenvalue weighted by Crippen LogP contribution is -2.37. The zero-order chi connectivity index (χ0) is 18.1. The molecule has 1 aliphatic heterocycles. The molecule has 0 spiro atoms. The number of rotatable bonds is 4. The van der Waals surface area contributed by atoms with Crippen LogP contribution in [-0.4, -0.2) is 28.9 Å². The van der Waals surface area contributed by atoms with Crippen molar-refractivity contribution in [3.05, 3.63) is 47.4 Å². The van der Waals surface area contributed by atoms with E-state index in [9.17, 15) is 4.79 Å². The Bertz CT molecular complexity index is 922. The van der Waals surface area contributed by atoms with Gasteiger partial charge < -0.3 is 13.7 Å². The van der Waals surface area contributed by atoms with Gasteiger partial charge in [-0.05, 0) is 49.4 Å². The molecule has 3 heterocycles. The fourth-order valence-electron chi connectivity index (χ4n) is 3.20. The van der Waals surface area contributed by atoms with Gasteiger partial charge in [0.05, 0.1) is 5.75 Å². The van der Waals surface area contributed by atoms with Crippen LogP contribution in [0.2, 0.25) is 0 Å². The van der Waals surface area contributed by atoms with E-state index >= 15 is 0 Å². The molecule has 1 aromatic carbocycles. The van der Waals surface area contributed by atoms with Gasteiger partial charge in [-0.2, -0.15) is 0 Å². The largest absolute Gasteiger partial charge is 0.455 e. The Labute approximate surface area is 156 Å². The number of aromatic nitrogens is 1. The molecule has 5 nitrogen and oxygen atoms in total. The van der Waals surface area contributed by atoms with Crippen LogP contribution in [0.15, 0.2) is 44.4 Å². The van der Waals surface area contributed by atoms with E-state index in [1.807, 2.05) is 36.1 Å². The second-order valence-corrected chi connectivity index (χ2v) is 7.86. The highest BCUT2D eigenvalue weighted by Gasteiger charge is 2.23. The van der Waals surface area contributed by atoms with Gasteiger partial charge in [0.2, 0.25) is 0 Å². The van der Waals surface area contributed by atoms with Crippen molar-refractivity contribution in [2.24, 2.45) is 5.92 Å². The number of carbonyl (C=O) groups excluding carboxylic acids is 1. The summed E-state index contributed by atoms with van der Waals surface area (Å²) in [6.07, 6.45) is 2.12. The van der Waals surface area contributed by atoms with Crippen LogP contribution in [-0.2, 0) is 5.75 Å². The van der Waals surface area contributed by atoms with E-state index in [4.69, 9.17) is 8.83 Å². The van der Waals surface area contributed by atoms with Gasteiger partial charge >= 0.3 is 0 Å². The maximum atomic E-state index is 12.5. The second-order valence-electron chi connectivity index (χ2n) is 6.93. The second kappa shape index (κ2) is 7.19. The molecule has 1 amide bonds. The average Bonchev–Trinajstić information content (AvgIpc) is 3.27. The molecule has 6 heteroatoms. The summed E-state index contributed by atoms with van der Waals surface area (Å²) in [7, 11) is 0. The van der Waals surface area contributed by atoms with Crippen molar-refractivity contribution in [2.75, 3.05) is 13.1 Å². The smallest absolute Gasteiger partial charge is 0.289 e. The number of hydrogen-bond acceptors (Lipinski definition) is 5. The first-order chi connectivity index (χ1) is 12.6. The van der Waals surface area contributed by atoms with E-state index in [1.165, 1.54) is 11.8 Å². The first-order valence-corrected chi connectivity index (χ1v) is 9.95. The average molecular weight is 370 g/mol. The molecule has 0 saturated carbocycles. The summed E-state index contributed by atoms with van der Waals surface area (Å²) >= 11 is 1.47. The number of aryl methyl sites for hydroxylation is 1. The third-order valence-electron chi connectivity index (χ3n) is 4.88. The first kappa shape index (κ1) is 17.2. The zero-order valence-corrected chi connectivity index (χ0v) is 15.8. The van der Waals surface area contributed by atoms with Crippen LogP contribution < -0.4 is 0 Å². The topological polar surface area (TPSA) is 59.5 Å². The lowest BCUT2D eigenvalue weighted by molar-refractivity contribution is 0.0663. The standard InChI is InChI=1S/C20H22N2O3S/c1-13-8-10-22(11-9-13)19(23)17-7-6-15(24-17)12-26-20-21-18-14(2)4-3-5-16(18)25-20/h3-7,13H,8-12H2,1-2H3. The normalized spacial score (nSPS) is 15.7. The van der Waals surface area contributed by atoms with Crippen LogP contribution in [0.25, 0.3) is 11.1 Å². The Balaban J connectivity index is 1.40. The van der Waals surface area contributed by atoms with Crippen LogP contribution in [0.1, 0.15) is 41.6 Å². The number of thioether (sulfide) groups is 1. The predicted molar refractivity (Wildman–Crippen MR) is 101 cm³/mol. The minimum Gasteiger partial charge on any atom is -0.455 e. The molecule has 2 aromatic heterocycles. The van der Waals surface area contributed by atoms with Crippen LogP contribution in [0.5, 0.6) is 0 Å². The molecule has 0 aliphatic carbocycles. The molecule has 4 rings (SSSR count). The number of para-hydroxylation sites is 1. The van der Waals surface area contributed by atoms with E-state index in [0.29, 0.717) is 22.7 Å². The number of carbonyl (C=O) groups is 1. The molecule has 3 aromatic rings. The monoisotopic (exact) mass is 370 g/mol. The Hall–Kier alpha value is -2.21. The maximum absolute atomic E-state index is 12.5. The number of hydrogen-bond donors (Lipinski definition) is 0. The lowest BCUT2D eigenvalue weighted by Gasteiger charge is -2.29. The van der Waals surface area contributed by atoms with Crippen molar-refractivity contribution in [1.82, 2.24) is 9.88 Å². The van der Waals surface area contributed by atoms with E-state index in [2.05, 4.69) is 11.9 Å². The van der Waals surface area contributed by atoms with Crippen LogP contribution in [0.4, 0.5) is 0 Å². The number of piperidine rings is 1. The van der Waals surface area contributed by atoms with Crippen LogP contribution in [0, 0.1) is 12.8 Å². The van der Waals surface area contributed by atoms with Crippen molar-refractivity contribution in [3.8, 4) is 0 Å². The van der Waals surface area contributed by atoms with E-state index in [0.717, 1.165) is 48.4 Å². The van der Waals surface area contributed by atoms with Crippen molar-refractivity contribution in [2.45, 2.75) is 37.7 Å². The number of fused-ring (bicyclic) bond motifs is 1. The number of likely N-dealkylation sites (tertiary alicyclic amines) is 1. The molecule has 1 saturated heterocycles. The molecule has 0 atom stereocenters. The molecular weight excluding hydrogens is 348 g/mol. The quantitative estimate of drug-likeness (QED) is 0.612. The Kier molecular flexibility index (Phi) is 4.76. The van der Waals surface area contributed by atoms with Crippen molar-refractivity contribution < 1.29 is 13.6 Å². The van der Waals surface area contributed by atoms with Gasteiger partial charge in [-0.15, -0.1) is 0 Å². The lowest BCUT2D eigenvalue weighted by atomic mass is 9.99. The van der Waals surface area contributed by atoms with Gasteiger partial charge in [0.25, 0.3) is 11.1 Å². The number of amides is 1. The first-order valence-electron chi connectivity index (χ1n) is 8.97. The molecule has 0 radical (unpaired) electrons. The minimum absolute atomic E-state index is 0.00867. The van der Waals surface area contributed by atoms with Crippen molar-refractivity contribution in [1.29, 1.82) is 0 Å². The maximum Gasteiger partial charge on any atom is 0.289 e. The van der Waals surface area contributed by atoms with Gasteiger partial charge in [0, 0.05) is 13.1 Å². The summed E-state index contributed by atoms with van der Waals surface area (Å²) in [5.74, 6) is 2.44. The van der Waals surface area contributed by atoms with Crippen molar-refractivity contribution >= 4 is 28.8 Å². The Morgan fingerprint density at radius 3 is 2.81 bits per heavy atom. The Morgan fingerprint density at radius 2 is 2.04 bits per heavy atom. The highest BCUT2D eigenvalue weighted by molar-refractivity contribution is 7.98. The molecule has 0 N–H and O–H groups in total. The molecule has 136 valence electrons. The third-order valence-corrected chi connectivity index (χ3v) is 5.73. The van der Waals surface area contributed by atoms with Gasteiger partial charge in [-0.3, -0.25) is 4.79 Å². The molecule has 26 heavy (non-hydrogen) atoms. The fourth-order valence-corrected chi connectivity index (χ4v) is 3.92. The molecule has 0 bridgehead atoms. The number of furan rings is 1. The van der Waals surface area contributed by atoms with Crippen molar-refractivity contribution in [3.63, 3.8) is 0 Å². The zero-order valence-electron chi connectivity index (χ0n) is 15.0. The summed E-state index contributed by atoms with van der Waals surface area (Å²) in [6, 6.07) is 9.53. The van der Waals surface area contributed by atoms with Gasteiger partial charge in [0.15, 0.2) is 11.3 Å². The fraction of sp³-hybridized carbons (Fsp3) is 0.400. The molecule has 1 fully saturated rings. The third kappa shape index (κ3) is 3.51. The minimum atomic E-state index is -0.00867.